The molecule has 8 heteroatoms. The Bertz CT molecular complexity index is 1010. The fraction of sp³-hybridized carbons (Fsp3) is 0.577. The molecule has 1 aliphatic carbocycles. The largest absolute Gasteiger partial charge is 0.493 e. The Kier molecular flexibility index (Phi) is 8.08. The minimum atomic E-state index is -0.00367. The van der Waals surface area contributed by atoms with E-state index in [1.807, 2.05) is 34.9 Å². The van der Waals surface area contributed by atoms with Crippen LogP contribution in [0.5, 0.6) is 11.5 Å². The molecule has 0 spiro atoms. The van der Waals surface area contributed by atoms with E-state index < -0.39 is 0 Å². The minimum Gasteiger partial charge on any atom is -0.493 e. The van der Waals surface area contributed by atoms with Gasteiger partial charge in [0.15, 0.2) is 11.5 Å². The van der Waals surface area contributed by atoms with Crippen molar-refractivity contribution in [3.63, 3.8) is 0 Å². The van der Waals surface area contributed by atoms with Gasteiger partial charge in [-0.05, 0) is 37.5 Å². The van der Waals surface area contributed by atoms with Crippen LogP contribution in [0.2, 0.25) is 0 Å². The van der Waals surface area contributed by atoms with Crippen LogP contribution in [0.1, 0.15) is 60.3 Å². The first-order valence-electron chi connectivity index (χ1n) is 12.3. The second-order valence-corrected chi connectivity index (χ2v) is 10.2. The molecule has 0 unspecified atom stereocenters. The quantitative estimate of drug-likeness (QED) is 0.564. The van der Waals surface area contributed by atoms with Crippen LogP contribution in [-0.2, 0) is 4.79 Å². The Morgan fingerprint density at radius 1 is 1.00 bits per heavy atom. The van der Waals surface area contributed by atoms with Crippen molar-refractivity contribution < 1.29 is 19.1 Å². The van der Waals surface area contributed by atoms with E-state index in [2.05, 4.69) is 4.98 Å². The first-order chi connectivity index (χ1) is 16.5. The van der Waals surface area contributed by atoms with Crippen molar-refractivity contribution in [1.29, 1.82) is 0 Å². The van der Waals surface area contributed by atoms with Crippen molar-refractivity contribution in [2.24, 2.45) is 5.92 Å². The Morgan fingerprint density at radius 2 is 1.68 bits per heavy atom. The van der Waals surface area contributed by atoms with Gasteiger partial charge < -0.3 is 19.3 Å². The second-order valence-electron chi connectivity index (χ2n) is 9.22. The normalized spacial score (nSPS) is 17.0. The molecule has 2 amide bonds. The van der Waals surface area contributed by atoms with Gasteiger partial charge in [0, 0.05) is 38.2 Å². The number of thiazole rings is 1. The molecule has 0 radical (unpaired) electrons. The van der Waals surface area contributed by atoms with Gasteiger partial charge in [-0.15, -0.1) is 11.3 Å². The van der Waals surface area contributed by atoms with Gasteiger partial charge in [-0.3, -0.25) is 9.59 Å². The number of piperazine rings is 1. The summed E-state index contributed by atoms with van der Waals surface area (Å²) in [6.07, 6.45) is 8.16. The molecular formula is C26H35N3O4S. The first-order valence-corrected chi connectivity index (χ1v) is 13.1. The molecule has 1 aromatic carbocycles. The molecule has 0 bridgehead atoms. The molecule has 2 fully saturated rings. The number of nitrogens with zero attached hydrogens (tertiary/aromatic N) is 3. The molecule has 2 aliphatic rings. The Hall–Kier alpha value is -2.61. The summed E-state index contributed by atoms with van der Waals surface area (Å²) < 4.78 is 10.7. The van der Waals surface area contributed by atoms with E-state index in [0.717, 1.165) is 28.6 Å². The zero-order chi connectivity index (χ0) is 24.1. The SMILES string of the molecule is COc1ccc(-c2nc(C)c(C(=O)N3CCN(C(=O)CCC4CCCCC4)CC3)s2)cc1OC. The standard InChI is InChI=1S/C26H35N3O4S/c1-18-24(34-25(27-18)20-10-11-21(32-2)22(17-20)33-3)26(31)29-15-13-28(14-16-29)23(30)12-9-19-7-5-4-6-8-19/h10-11,17,19H,4-9,12-16H2,1-3H3. The lowest BCUT2D eigenvalue weighted by atomic mass is 9.86. The maximum absolute atomic E-state index is 13.2. The molecule has 0 atom stereocenters. The summed E-state index contributed by atoms with van der Waals surface area (Å²) in [5.74, 6) is 2.24. The van der Waals surface area contributed by atoms with E-state index in [-0.39, 0.29) is 11.8 Å². The zero-order valence-corrected chi connectivity index (χ0v) is 21.3. The highest BCUT2D eigenvalue weighted by atomic mass is 32.1. The van der Waals surface area contributed by atoms with Gasteiger partial charge in [-0.1, -0.05) is 32.1 Å². The number of amides is 2. The monoisotopic (exact) mass is 485 g/mol. The fourth-order valence-corrected chi connectivity index (χ4v) is 5.98. The van der Waals surface area contributed by atoms with Crippen LogP contribution in [0.4, 0.5) is 0 Å². The van der Waals surface area contributed by atoms with Gasteiger partial charge in [0.05, 0.1) is 19.9 Å². The van der Waals surface area contributed by atoms with E-state index in [9.17, 15) is 9.59 Å². The van der Waals surface area contributed by atoms with E-state index in [0.29, 0.717) is 49.0 Å². The van der Waals surface area contributed by atoms with Crippen molar-refractivity contribution in [3.8, 4) is 22.1 Å². The molecule has 1 saturated carbocycles. The van der Waals surface area contributed by atoms with Crippen LogP contribution >= 0.6 is 11.3 Å². The molecule has 0 N–H and O–H groups in total. The summed E-state index contributed by atoms with van der Waals surface area (Å²) in [6, 6.07) is 5.64. The predicted octanol–water partition coefficient (Wildman–Crippen LogP) is 4.78. The second kappa shape index (κ2) is 11.2. The van der Waals surface area contributed by atoms with Crippen LogP contribution in [0.25, 0.3) is 10.6 Å². The number of aryl methyl sites for hydroxylation is 1. The number of hydrogen-bond donors (Lipinski definition) is 0. The molecule has 4 rings (SSSR count). The van der Waals surface area contributed by atoms with Gasteiger partial charge in [0.1, 0.15) is 9.88 Å². The molecule has 1 aliphatic heterocycles. The van der Waals surface area contributed by atoms with Crippen molar-refractivity contribution >= 4 is 23.2 Å². The minimum absolute atomic E-state index is 0.00367. The van der Waals surface area contributed by atoms with E-state index in [1.165, 1.54) is 43.4 Å². The third-order valence-electron chi connectivity index (χ3n) is 7.03. The highest BCUT2D eigenvalue weighted by Gasteiger charge is 2.28. The third-order valence-corrected chi connectivity index (χ3v) is 8.23. The molecule has 184 valence electrons. The maximum atomic E-state index is 13.2. The number of rotatable bonds is 7. The first kappa shape index (κ1) is 24.5. The number of aromatic nitrogens is 1. The van der Waals surface area contributed by atoms with Gasteiger partial charge in [0.25, 0.3) is 5.91 Å². The summed E-state index contributed by atoms with van der Waals surface area (Å²) >= 11 is 1.40. The Morgan fingerprint density at radius 3 is 2.35 bits per heavy atom. The predicted molar refractivity (Wildman–Crippen MR) is 134 cm³/mol. The van der Waals surface area contributed by atoms with Crippen molar-refractivity contribution in [3.05, 3.63) is 28.8 Å². The highest BCUT2D eigenvalue weighted by molar-refractivity contribution is 7.17. The van der Waals surface area contributed by atoms with Crippen LogP contribution in [0, 0.1) is 12.8 Å². The van der Waals surface area contributed by atoms with Crippen molar-refractivity contribution in [1.82, 2.24) is 14.8 Å². The lowest BCUT2D eigenvalue weighted by Crippen LogP contribution is -2.50. The summed E-state index contributed by atoms with van der Waals surface area (Å²) in [5.41, 5.74) is 1.61. The smallest absolute Gasteiger partial charge is 0.265 e. The topological polar surface area (TPSA) is 72.0 Å². The summed E-state index contributed by atoms with van der Waals surface area (Å²) in [6.45, 7) is 4.22. The number of hydrogen-bond acceptors (Lipinski definition) is 6. The van der Waals surface area contributed by atoms with Crippen LogP contribution < -0.4 is 9.47 Å². The summed E-state index contributed by atoms with van der Waals surface area (Å²) in [4.78, 5) is 35.0. The van der Waals surface area contributed by atoms with Gasteiger partial charge in [0.2, 0.25) is 5.91 Å². The fourth-order valence-electron chi connectivity index (χ4n) is 4.95. The summed E-state index contributed by atoms with van der Waals surface area (Å²) in [7, 11) is 3.20. The van der Waals surface area contributed by atoms with E-state index >= 15 is 0 Å². The molecular weight excluding hydrogens is 450 g/mol. The molecule has 1 aromatic heterocycles. The van der Waals surface area contributed by atoms with Gasteiger partial charge in [-0.2, -0.15) is 0 Å². The maximum Gasteiger partial charge on any atom is 0.265 e. The number of methoxy groups -OCH3 is 2. The van der Waals surface area contributed by atoms with Gasteiger partial charge >= 0.3 is 0 Å². The van der Waals surface area contributed by atoms with E-state index in [4.69, 9.17) is 9.47 Å². The van der Waals surface area contributed by atoms with Crippen LogP contribution in [-0.4, -0.2) is 67.0 Å². The lowest BCUT2D eigenvalue weighted by Gasteiger charge is -2.35. The average molecular weight is 486 g/mol. The number of benzene rings is 1. The zero-order valence-electron chi connectivity index (χ0n) is 20.5. The molecule has 7 nitrogen and oxygen atoms in total. The van der Waals surface area contributed by atoms with E-state index in [1.54, 1.807) is 14.2 Å². The van der Waals surface area contributed by atoms with Crippen LogP contribution in [0.3, 0.4) is 0 Å². The number of carbonyl (C=O) groups excluding carboxylic acids is 2. The van der Waals surface area contributed by atoms with Gasteiger partial charge in [-0.25, -0.2) is 4.98 Å². The van der Waals surface area contributed by atoms with Crippen molar-refractivity contribution in [2.45, 2.75) is 51.9 Å². The lowest BCUT2D eigenvalue weighted by molar-refractivity contribution is -0.133. The van der Waals surface area contributed by atoms with Crippen molar-refractivity contribution in [2.75, 3.05) is 40.4 Å². The molecule has 2 heterocycles. The summed E-state index contributed by atoms with van der Waals surface area (Å²) in [5, 5.41) is 0.776. The molecule has 34 heavy (non-hydrogen) atoms. The Balaban J connectivity index is 1.34. The Labute approximate surface area is 206 Å². The molecule has 1 saturated heterocycles. The van der Waals surface area contributed by atoms with Crippen LogP contribution in [0.15, 0.2) is 18.2 Å². The average Bonchev–Trinajstić information content (AvgIpc) is 3.28. The number of ether oxygens (including phenoxy) is 2. The highest BCUT2D eigenvalue weighted by Crippen LogP contribution is 2.35. The molecule has 2 aromatic rings. The number of carbonyl (C=O) groups is 2. The third kappa shape index (κ3) is 5.54.